The van der Waals surface area contributed by atoms with Crippen LogP contribution in [0.4, 0.5) is 0 Å². The van der Waals surface area contributed by atoms with Crippen LogP contribution in [0.5, 0.6) is 0 Å². The quantitative estimate of drug-likeness (QED) is 0.545. The molecule has 5 nitrogen and oxygen atoms in total. The predicted octanol–water partition coefficient (Wildman–Crippen LogP) is 0.647. The fraction of sp³-hybridized carbons (Fsp3) is 1.00. The van der Waals surface area contributed by atoms with Crippen LogP contribution in [-0.2, 0) is 9.09 Å². The summed E-state index contributed by atoms with van der Waals surface area (Å²) < 4.78 is 14.3. The molecule has 74 valence electrons. The zero-order valence-electron chi connectivity index (χ0n) is 7.01. The van der Waals surface area contributed by atoms with Gasteiger partial charge in [0.05, 0.1) is 12.7 Å². The van der Waals surface area contributed by atoms with Crippen molar-refractivity contribution in [2.75, 3.05) is 6.61 Å². The van der Waals surface area contributed by atoms with Gasteiger partial charge >= 0.3 is 7.82 Å². The molecule has 0 fully saturated rings. The third-order valence-corrected chi connectivity index (χ3v) is 1.85. The van der Waals surface area contributed by atoms with E-state index >= 15 is 0 Å². The first-order valence-corrected chi connectivity index (χ1v) is 5.37. The van der Waals surface area contributed by atoms with Crippen LogP contribution < -0.4 is 0 Å². The lowest BCUT2D eigenvalue weighted by atomic mass is 10.2. The molecule has 6 heteroatoms. The maximum Gasteiger partial charge on any atom is 0.469 e. The zero-order chi connectivity index (χ0) is 9.61. The second-order valence-electron chi connectivity index (χ2n) is 2.55. The van der Waals surface area contributed by atoms with Crippen LogP contribution in [0.2, 0.25) is 0 Å². The van der Waals surface area contributed by atoms with Gasteiger partial charge in [0.15, 0.2) is 0 Å². The molecule has 1 atom stereocenters. The molecule has 0 aromatic heterocycles. The van der Waals surface area contributed by atoms with Gasteiger partial charge in [-0.05, 0) is 12.8 Å². The van der Waals surface area contributed by atoms with Gasteiger partial charge in [-0.25, -0.2) is 4.57 Å². The van der Waals surface area contributed by atoms with E-state index < -0.39 is 13.9 Å². The summed E-state index contributed by atoms with van der Waals surface area (Å²) in [6.07, 6.45) is 1.21. The smallest absolute Gasteiger partial charge is 0.393 e. The van der Waals surface area contributed by atoms with E-state index in [1.807, 2.05) is 6.92 Å². The number of rotatable bonds is 6. The highest BCUT2D eigenvalue weighted by atomic mass is 31.2. The molecule has 0 aliphatic rings. The Morgan fingerprint density at radius 2 is 2.00 bits per heavy atom. The fourth-order valence-corrected chi connectivity index (χ4v) is 1.13. The maximum atomic E-state index is 10.2. The molecule has 0 radical (unpaired) electrons. The first-order valence-electron chi connectivity index (χ1n) is 3.84. The molecule has 3 N–H and O–H groups in total. The van der Waals surface area contributed by atoms with E-state index in [1.165, 1.54) is 0 Å². The van der Waals surface area contributed by atoms with Crippen LogP contribution in [0.3, 0.4) is 0 Å². The van der Waals surface area contributed by atoms with Crippen LogP contribution in [0.15, 0.2) is 0 Å². The Hall–Kier alpha value is 0.0700. The Morgan fingerprint density at radius 3 is 2.42 bits per heavy atom. The lowest BCUT2D eigenvalue weighted by Gasteiger charge is -2.09. The molecular formula is C6H15O5P. The van der Waals surface area contributed by atoms with Crippen molar-refractivity contribution in [2.24, 2.45) is 0 Å². The van der Waals surface area contributed by atoms with Crippen LogP contribution in [-0.4, -0.2) is 27.6 Å². The van der Waals surface area contributed by atoms with Gasteiger partial charge in [0.2, 0.25) is 0 Å². The van der Waals surface area contributed by atoms with Gasteiger partial charge in [-0.3, -0.25) is 4.52 Å². The van der Waals surface area contributed by atoms with Crippen LogP contribution in [0, 0.1) is 0 Å². The summed E-state index contributed by atoms with van der Waals surface area (Å²) in [6, 6.07) is 0. The van der Waals surface area contributed by atoms with Gasteiger partial charge in [-0.15, -0.1) is 0 Å². The number of aliphatic hydroxyl groups excluding tert-OH is 1. The Bertz CT molecular complexity index is 154. The first-order chi connectivity index (χ1) is 5.45. The summed E-state index contributed by atoms with van der Waals surface area (Å²) >= 11 is 0. The SMILES string of the molecule is CCCC(O)CCOP(=O)(O)O. The minimum atomic E-state index is -4.35. The summed E-state index contributed by atoms with van der Waals surface area (Å²) in [6.45, 7) is 1.82. The Morgan fingerprint density at radius 1 is 1.42 bits per heavy atom. The van der Waals surface area contributed by atoms with E-state index in [0.717, 1.165) is 6.42 Å². The Balaban J connectivity index is 3.37. The van der Waals surface area contributed by atoms with E-state index in [9.17, 15) is 4.57 Å². The molecule has 0 aromatic carbocycles. The fourth-order valence-electron chi connectivity index (χ4n) is 0.785. The molecule has 0 amide bonds. The molecule has 0 rings (SSSR count). The van der Waals surface area contributed by atoms with E-state index in [2.05, 4.69) is 4.52 Å². The van der Waals surface area contributed by atoms with Crippen molar-refractivity contribution in [1.82, 2.24) is 0 Å². The number of aliphatic hydroxyl groups is 1. The largest absolute Gasteiger partial charge is 0.469 e. The lowest BCUT2D eigenvalue weighted by Crippen LogP contribution is -2.09. The van der Waals surface area contributed by atoms with Gasteiger partial charge in [0.25, 0.3) is 0 Å². The van der Waals surface area contributed by atoms with Gasteiger partial charge in [0, 0.05) is 0 Å². The standard InChI is InChI=1S/C6H15O5P/c1-2-3-6(7)4-5-11-12(8,9)10/h6-7H,2-5H2,1H3,(H2,8,9,10). The van der Waals surface area contributed by atoms with E-state index in [0.29, 0.717) is 6.42 Å². The van der Waals surface area contributed by atoms with Crippen molar-refractivity contribution >= 4 is 7.82 Å². The molecular weight excluding hydrogens is 183 g/mol. The molecule has 0 saturated heterocycles. The third-order valence-electron chi connectivity index (χ3n) is 1.33. The molecule has 0 aliphatic carbocycles. The minimum absolute atomic E-state index is 0.106. The Labute approximate surface area is 71.6 Å². The summed E-state index contributed by atoms with van der Waals surface area (Å²) in [5, 5.41) is 9.11. The highest BCUT2D eigenvalue weighted by molar-refractivity contribution is 7.46. The summed E-state index contributed by atoms with van der Waals surface area (Å²) in [7, 11) is -4.35. The van der Waals surface area contributed by atoms with E-state index in [1.54, 1.807) is 0 Å². The number of hydrogen-bond acceptors (Lipinski definition) is 3. The average molecular weight is 198 g/mol. The summed E-state index contributed by atoms with van der Waals surface area (Å²) in [4.78, 5) is 16.5. The van der Waals surface area contributed by atoms with Crippen LogP contribution in [0.25, 0.3) is 0 Å². The molecule has 0 saturated carbocycles. The normalized spacial score (nSPS) is 14.7. The first kappa shape index (κ1) is 12.1. The Kier molecular flexibility index (Phi) is 5.70. The summed E-state index contributed by atoms with van der Waals surface area (Å²) in [5.41, 5.74) is 0. The van der Waals surface area contributed by atoms with Gasteiger partial charge < -0.3 is 14.9 Å². The zero-order valence-corrected chi connectivity index (χ0v) is 7.91. The number of hydrogen-bond donors (Lipinski definition) is 3. The molecule has 1 unspecified atom stereocenters. The molecule has 0 aromatic rings. The van der Waals surface area contributed by atoms with Gasteiger partial charge in [-0.1, -0.05) is 13.3 Å². The number of phosphoric acid groups is 1. The molecule has 0 spiro atoms. The summed E-state index contributed by atoms with van der Waals surface area (Å²) in [5.74, 6) is 0. The van der Waals surface area contributed by atoms with Gasteiger partial charge in [-0.2, -0.15) is 0 Å². The van der Waals surface area contributed by atoms with Crippen molar-refractivity contribution in [3.05, 3.63) is 0 Å². The molecule has 0 bridgehead atoms. The highest BCUT2D eigenvalue weighted by Gasteiger charge is 2.14. The van der Waals surface area contributed by atoms with Crippen molar-refractivity contribution < 1.29 is 24.0 Å². The van der Waals surface area contributed by atoms with Crippen molar-refractivity contribution in [2.45, 2.75) is 32.3 Å². The van der Waals surface area contributed by atoms with Crippen molar-refractivity contribution in [3.8, 4) is 0 Å². The van der Waals surface area contributed by atoms with Crippen LogP contribution in [0.1, 0.15) is 26.2 Å². The molecule has 0 aliphatic heterocycles. The molecule has 0 heterocycles. The van der Waals surface area contributed by atoms with Crippen molar-refractivity contribution in [3.63, 3.8) is 0 Å². The lowest BCUT2D eigenvalue weighted by molar-refractivity contribution is 0.116. The van der Waals surface area contributed by atoms with Crippen molar-refractivity contribution in [1.29, 1.82) is 0 Å². The monoisotopic (exact) mass is 198 g/mol. The minimum Gasteiger partial charge on any atom is -0.393 e. The third kappa shape index (κ3) is 8.17. The second-order valence-corrected chi connectivity index (χ2v) is 3.79. The highest BCUT2D eigenvalue weighted by Crippen LogP contribution is 2.35. The van der Waals surface area contributed by atoms with Crippen LogP contribution >= 0.6 is 7.82 Å². The topological polar surface area (TPSA) is 87.0 Å². The maximum absolute atomic E-state index is 10.2. The number of phosphoric ester groups is 1. The predicted molar refractivity (Wildman–Crippen MR) is 43.5 cm³/mol. The van der Waals surface area contributed by atoms with Gasteiger partial charge in [0.1, 0.15) is 0 Å². The average Bonchev–Trinajstić information content (AvgIpc) is 1.84. The second kappa shape index (κ2) is 5.67. The molecule has 12 heavy (non-hydrogen) atoms. The van der Waals surface area contributed by atoms with E-state index in [-0.39, 0.29) is 13.0 Å². The van der Waals surface area contributed by atoms with E-state index in [4.69, 9.17) is 14.9 Å².